The van der Waals surface area contributed by atoms with Crippen LogP contribution < -0.4 is 5.32 Å². The van der Waals surface area contributed by atoms with Crippen LogP contribution in [0, 0.1) is 6.92 Å². The van der Waals surface area contributed by atoms with Gasteiger partial charge in [-0.1, -0.05) is 23.7 Å². The van der Waals surface area contributed by atoms with Gasteiger partial charge in [0.1, 0.15) is 12.4 Å². The molecule has 1 aromatic heterocycles. The Morgan fingerprint density at radius 1 is 1.50 bits per heavy atom. The van der Waals surface area contributed by atoms with Gasteiger partial charge in [-0.05, 0) is 31.4 Å². The minimum atomic E-state index is -0.171. The number of carbonyl (C=O) groups excluding carboxylic acids is 1. The number of aromatic amines is 1. The van der Waals surface area contributed by atoms with Gasteiger partial charge in [0.25, 0.3) is 5.91 Å². The van der Waals surface area contributed by atoms with E-state index in [0.29, 0.717) is 17.1 Å². The standard InChI is InChI=1S/C15H17ClN4O2/c1-9-3-2-4-11(16)13(9)15(21)17-7-10-5-6-12(22-10)14-18-8-19-20-14/h2-4,8,10,12H,5-7H2,1H3,(H,17,21)(H,18,19,20)/t10-,12+/m1/s1. The third-order valence-electron chi connectivity index (χ3n) is 3.79. The van der Waals surface area contributed by atoms with E-state index < -0.39 is 0 Å². The van der Waals surface area contributed by atoms with Gasteiger partial charge in [-0.3, -0.25) is 9.89 Å². The number of nitrogens with zero attached hydrogens (tertiary/aromatic N) is 2. The van der Waals surface area contributed by atoms with Gasteiger partial charge >= 0.3 is 0 Å². The van der Waals surface area contributed by atoms with Gasteiger partial charge in [-0.2, -0.15) is 5.10 Å². The van der Waals surface area contributed by atoms with E-state index >= 15 is 0 Å². The van der Waals surface area contributed by atoms with E-state index in [2.05, 4.69) is 20.5 Å². The lowest BCUT2D eigenvalue weighted by molar-refractivity contribution is 0.0392. The molecule has 0 radical (unpaired) electrons. The first-order valence-corrected chi connectivity index (χ1v) is 7.57. The Kier molecular flexibility index (Phi) is 4.40. The summed E-state index contributed by atoms with van der Waals surface area (Å²) in [7, 11) is 0. The molecule has 2 atom stereocenters. The van der Waals surface area contributed by atoms with Gasteiger partial charge in [0, 0.05) is 6.54 Å². The summed E-state index contributed by atoms with van der Waals surface area (Å²) in [5.74, 6) is 0.561. The van der Waals surface area contributed by atoms with Crippen LogP contribution in [-0.2, 0) is 4.74 Å². The molecule has 6 nitrogen and oxygen atoms in total. The van der Waals surface area contributed by atoms with Crippen molar-refractivity contribution in [2.24, 2.45) is 0 Å². The zero-order valence-corrected chi connectivity index (χ0v) is 12.9. The van der Waals surface area contributed by atoms with E-state index in [4.69, 9.17) is 16.3 Å². The van der Waals surface area contributed by atoms with Crippen LogP contribution in [0.3, 0.4) is 0 Å². The van der Waals surface area contributed by atoms with Crippen LogP contribution in [0.4, 0.5) is 0 Å². The number of aryl methyl sites for hydroxylation is 1. The van der Waals surface area contributed by atoms with E-state index in [-0.39, 0.29) is 18.1 Å². The third-order valence-corrected chi connectivity index (χ3v) is 4.10. The lowest BCUT2D eigenvalue weighted by Crippen LogP contribution is -2.32. The summed E-state index contributed by atoms with van der Waals surface area (Å²) in [5.41, 5.74) is 1.38. The van der Waals surface area contributed by atoms with Crippen molar-refractivity contribution >= 4 is 17.5 Å². The highest BCUT2D eigenvalue weighted by molar-refractivity contribution is 6.34. The maximum Gasteiger partial charge on any atom is 0.253 e. The molecule has 1 aliphatic rings. The van der Waals surface area contributed by atoms with Gasteiger partial charge in [0.15, 0.2) is 5.82 Å². The predicted molar refractivity (Wildman–Crippen MR) is 81.8 cm³/mol. The summed E-state index contributed by atoms with van der Waals surface area (Å²) in [6.45, 7) is 2.32. The molecule has 2 heterocycles. The fourth-order valence-electron chi connectivity index (χ4n) is 2.64. The molecule has 1 amide bonds. The molecule has 0 unspecified atom stereocenters. The molecule has 22 heavy (non-hydrogen) atoms. The molecule has 2 N–H and O–H groups in total. The van der Waals surface area contributed by atoms with Crippen molar-refractivity contribution in [1.29, 1.82) is 0 Å². The van der Waals surface area contributed by atoms with E-state index in [1.54, 1.807) is 6.07 Å². The second-order valence-corrected chi connectivity index (χ2v) is 5.74. The molecule has 2 aromatic rings. The molecule has 7 heteroatoms. The SMILES string of the molecule is Cc1cccc(Cl)c1C(=O)NC[C@H]1CC[C@@H](c2ncn[nH]2)O1. The monoisotopic (exact) mass is 320 g/mol. The molecule has 1 aromatic carbocycles. The Bertz CT molecular complexity index is 639. The fraction of sp³-hybridized carbons (Fsp3) is 0.400. The average Bonchev–Trinajstić information content (AvgIpc) is 3.16. The van der Waals surface area contributed by atoms with Gasteiger partial charge in [-0.15, -0.1) is 0 Å². The van der Waals surface area contributed by atoms with Crippen LogP contribution in [0.1, 0.15) is 40.7 Å². The Morgan fingerprint density at radius 2 is 2.36 bits per heavy atom. The largest absolute Gasteiger partial charge is 0.365 e. The Hall–Kier alpha value is -1.92. The number of carbonyl (C=O) groups is 1. The van der Waals surface area contributed by atoms with E-state index in [1.165, 1.54) is 6.33 Å². The number of ether oxygens (including phenoxy) is 1. The normalized spacial score (nSPS) is 21.0. The lowest BCUT2D eigenvalue weighted by Gasteiger charge is -2.14. The van der Waals surface area contributed by atoms with Crippen molar-refractivity contribution in [2.45, 2.75) is 32.0 Å². The molecule has 0 spiro atoms. The average molecular weight is 321 g/mol. The Balaban J connectivity index is 1.56. The second kappa shape index (κ2) is 6.46. The van der Waals surface area contributed by atoms with Crippen LogP contribution in [0.2, 0.25) is 5.02 Å². The number of halogens is 1. The molecular formula is C15H17ClN4O2. The first kappa shape index (κ1) is 15.0. The number of benzene rings is 1. The number of hydrogen-bond donors (Lipinski definition) is 2. The summed E-state index contributed by atoms with van der Waals surface area (Å²) in [5, 5.41) is 10.00. The highest BCUT2D eigenvalue weighted by Crippen LogP contribution is 2.30. The van der Waals surface area contributed by atoms with E-state index in [1.807, 2.05) is 19.1 Å². The molecule has 1 aliphatic heterocycles. The second-order valence-electron chi connectivity index (χ2n) is 5.34. The molecular weight excluding hydrogens is 304 g/mol. The van der Waals surface area contributed by atoms with E-state index in [0.717, 1.165) is 24.2 Å². The maximum atomic E-state index is 12.3. The summed E-state index contributed by atoms with van der Waals surface area (Å²) in [6.07, 6.45) is 3.09. The number of H-pyrrole nitrogens is 1. The quantitative estimate of drug-likeness (QED) is 0.906. The molecule has 116 valence electrons. The molecule has 3 rings (SSSR count). The number of amides is 1. The van der Waals surface area contributed by atoms with Crippen molar-refractivity contribution < 1.29 is 9.53 Å². The predicted octanol–water partition coefficient (Wildman–Crippen LogP) is 2.42. The summed E-state index contributed by atoms with van der Waals surface area (Å²) < 4.78 is 5.87. The van der Waals surface area contributed by atoms with Crippen LogP contribution in [0.25, 0.3) is 0 Å². The van der Waals surface area contributed by atoms with E-state index in [9.17, 15) is 4.79 Å². The smallest absolute Gasteiger partial charge is 0.253 e. The van der Waals surface area contributed by atoms with Gasteiger partial charge in [-0.25, -0.2) is 4.98 Å². The van der Waals surface area contributed by atoms with Gasteiger partial charge in [0.05, 0.1) is 16.7 Å². The third kappa shape index (κ3) is 3.13. The number of hydrogen-bond acceptors (Lipinski definition) is 4. The lowest BCUT2D eigenvalue weighted by atomic mass is 10.1. The molecule has 0 aliphatic carbocycles. The molecule has 1 fully saturated rings. The Labute approximate surface area is 133 Å². The fourth-order valence-corrected chi connectivity index (χ4v) is 2.95. The molecule has 0 saturated carbocycles. The first-order chi connectivity index (χ1) is 10.6. The Morgan fingerprint density at radius 3 is 3.09 bits per heavy atom. The topological polar surface area (TPSA) is 79.9 Å². The maximum absolute atomic E-state index is 12.3. The van der Waals surface area contributed by atoms with Crippen molar-refractivity contribution in [3.05, 3.63) is 46.5 Å². The van der Waals surface area contributed by atoms with Crippen LogP contribution >= 0.6 is 11.6 Å². The molecule has 1 saturated heterocycles. The number of aromatic nitrogens is 3. The minimum absolute atomic E-state index is 0.0261. The van der Waals surface area contributed by atoms with Crippen LogP contribution in [0.5, 0.6) is 0 Å². The number of nitrogens with one attached hydrogen (secondary N) is 2. The van der Waals surface area contributed by atoms with Gasteiger partial charge < -0.3 is 10.1 Å². The number of rotatable bonds is 4. The zero-order chi connectivity index (χ0) is 15.5. The summed E-state index contributed by atoms with van der Waals surface area (Å²) >= 11 is 6.10. The highest BCUT2D eigenvalue weighted by atomic mass is 35.5. The van der Waals surface area contributed by atoms with Crippen molar-refractivity contribution in [3.63, 3.8) is 0 Å². The molecule has 0 bridgehead atoms. The first-order valence-electron chi connectivity index (χ1n) is 7.19. The van der Waals surface area contributed by atoms with Crippen molar-refractivity contribution in [3.8, 4) is 0 Å². The van der Waals surface area contributed by atoms with Crippen molar-refractivity contribution in [2.75, 3.05) is 6.54 Å². The van der Waals surface area contributed by atoms with Crippen LogP contribution in [-0.4, -0.2) is 33.7 Å². The zero-order valence-electron chi connectivity index (χ0n) is 12.2. The highest BCUT2D eigenvalue weighted by Gasteiger charge is 2.28. The van der Waals surface area contributed by atoms with Crippen LogP contribution in [0.15, 0.2) is 24.5 Å². The minimum Gasteiger partial charge on any atom is -0.365 e. The van der Waals surface area contributed by atoms with Crippen molar-refractivity contribution in [1.82, 2.24) is 20.5 Å². The van der Waals surface area contributed by atoms with Gasteiger partial charge in [0.2, 0.25) is 0 Å². The summed E-state index contributed by atoms with van der Waals surface area (Å²) in [4.78, 5) is 16.4. The summed E-state index contributed by atoms with van der Waals surface area (Å²) in [6, 6.07) is 5.42.